The number of methoxy groups -OCH3 is 1. The van der Waals surface area contributed by atoms with E-state index in [9.17, 15) is 9.59 Å². The van der Waals surface area contributed by atoms with Gasteiger partial charge in [0.15, 0.2) is 0 Å². The van der Waals surface area contributed by atoms with Crippen molar-refractivity contribution in [2.24, 2.45) is 0 Å². The first-order valence-electron chi connectivity index (χ1n) is 6.19. The normalized spacial score (nSPS) is 10.2. The van der Waals surface area contributed by atoms with E-state index in [4.69, 9.17) is 0 Å². The molecule has 0 bridgehead atoms. The highest BCUT2D eigenvalue weighted by Gasteiger charge is 2.08. The molecule has 0 unspecified atom stereocenters. The lowest BCUT2D eigenvalue weighted by atomic mass is 10.3. The maximum absolute atomic E-state index is 11.6. The summed E-state index contributed by atoms with van der Waals surface area (Å²) in [5.41, 5.74) is 1.04. The second kappa shape index (κ2) is 9.65. The Morgan fingerprint density at radius 3 is 2.50 bits per heavy atom. The molecule has 0 heterocycles. The van der Waals surface area contributed by atoms with Crippen molar-refractivity contribution in [2.45, 2.75) is 26.7 Å². The number of hydrogen-bond donors (Lipinski definition) is 1. The summed E-state index contributed by atoms with van der Waals surface area (Å²) in [6.07, 6.45) is 0.936. The van der Waals surface area contributed by atoms with Gasteiger partial charge in [0.05, 0.1) is 13.7 Å². The molecule has 0 rings (SSSR count). The lowest BCUT2D eigenvalue weighted by Gasteiger charge is -2.19. The van der Waals surface area contributed by atoms with Crippen LogP contribution < -0.4 is 5.32 Å². The van der Waals surface area contributed by atoms with Gasteiger partial charge in [-0.15, -0.1) is 0 Å². The molecule has 0 fully saturated rings. The van der Waals surface area contributed by atoms with E-state index in [2.05, 4.69) is 16.6 Å². The van der Waals surface area contributed by atoms with Crippen molar-refractivity contribution in [3.63, 3.8) is 0 Å². The van der Waals surface area contributed by atoms with Crippen LogP contribution in [0, 0.1) is 0 Å². The van der Waals surface area contributed by atoms with Gasteiger partial charge >= 0.3 is 5.97 Å². The van der Waals surface area contributed by atoms with Crippen LogP contribution in [0.1, 0.15) is 26.7 Å². The van der Waals surface area contributed by atoms with Gasteiger partial charge in [-0.2, -0.15) is 0 Å². The van der Waals surface area contributed by atoms with Gasteiger partial charge in [-0.05, 0) is 19.9 Å². The predicted molar refractivity (Wildman–Crippen MR) is 71.2 cm³/mol. The highest BCUT2D eigenvalue weighted by Crippen LogP contribution is 1.95. The first-order valence-corrected chi connectivity index (χ1v) is 6.19. The number of ether oxygens (including phenoxy) is 1. The maximum atomic E-state index is 11.6. The molecule has 0 atom stereocenters. The van der Waals surface area contributed by atoms with E-state index in [-0.39, 0.29) is 11.9 Å². The summed E-state index contributed by atoms with van der Waals surface area (Å²) in [5, 5.41) is 2.78. The first kappa shape index (κ1) is 16.6. The number of rotatable bonds is 9. The predicted octanol–water partition coefficient (Wildman–Crippen LogP) is 0.954. The van der Waals surface area contributed by atoms with Crippen molar-refractivity contribution < 1.29 is 14.3 Å². The molecule has 1 N–H and O–H groups in total. The van der Waals surface area contributed by atoms with Crippen LogP contribution in [0.2, 0.25) is 0 Å². The fourth-order valence-corrected chi connectivity index (χ4v) is 1.48. The second-order valence-corrected chi connectivity index (χ2v) is 4.29. The van der Waals surface area contributed by atoms with Gasteiger partial charge in [0.25, 0.3) is 0 Å². The Kier molecular flexibility index (Phi) is 8.92. The van der Waals surface area contributed by atoms with Crippen molar-refractivity contribution in [1.29, 1.82) is 0 Å². The average molecular weight is 256 g/mol. The Bertz CT molecular complexity index is 290. The number of hydrogen-bond acceptors (Lipinski definition) is 4. The summed E-state index contributed by atoms with van der Waals surface area (Å²) >= 11 is 0. The topological polar surface area (TPSA) is 58.6 Å². The zero-order chi connectivity index (χ0) is 14.0. The minimum Gasteiger partial charge on any atom is -0.469 e. The molecule has 1 amide bonds. The highest BCUT2D eigenvalue weighted by molar-refractivity contribution is 5.78. The molecule has 0 radical (unpaired) electrons. The molecule has 5 heteroatoms. The Balaban J connectivity index is 3.75. The summed E-state index contributed by atoms with van der Waals surface area (Å²) < 4.78 is 4.51. The summed E-state index contributed by atoms with van der Waals surface area (Å²) in [4.78, 5) is 24.5. The van der Waals surface area contributed by atoms with Crippen molar-refractivity contribution in [2.75, 3.05) is 33.3 Å². The zero-order valence-corrected chi connectivity index (χ0v) is 11.6. The van der Waals surface area contributed by atoms with Crippen LogP contribution in [-0.2, 0) is 14.3 Å². The van der Waals surface area contributed by atoms with Gasteiger partial charge in [0.2, 0.25) is 5.91 Å². The number of amides is 1. The minimum absolute atomic E-state index is 0.0250. The van der Waals surface area contributed by atoms with Gasteiger partial charge in [0, 0.05) is 19.5 Å². The molecule has 0 saturated carbocycles. The number of nitrogens with one attached hydrogen (secondary N) is 1. The third kappa shape index (κ3) is 8.75. The molecular formula is C13H24N2O3. The second-order valence-electron chi connectivity index (χ2n) is 4.29. The van der Waals surface area contributed by atoms with Crippen molar-refractivity contribution in [3.8, 4) is 0 Å². The largest absolute Gasteiger partial charge is 0.469 e. The Labute approximate surface area is 109 Å². The van der Waals surface area contributed by atoms with Crippen LogP contribution in [-0.4, -0.2) is 50.1 Å². The van der Waals surface area contributed by atoms with Crippen LogP contribution in [0.25, 0.3) is 0 Å². The van der Waals surface area contributed by atoms with Crippen molar-refractivity contribution >= 4 is 11.9 Å². The maximum Gasteiger partial charge on any atom is 0.305 e. The standard InChI is InChI=1S/C13H24N2O3/c1-5-15(9-11(2)3)10-12(16)14-8-6-7-13(17)18-4/h2,5-10H2,1,3-4H3,(H,14,16). The number of carbonyl (C=O) groups excluding carboxylic acids is 2. The van der Waals surface area contributed by atoms with E-state index in [0.717, 1.165) is 18.7 Å². The van der Waals surface area contributed by atoms with E-state index in [1.807, 2.05) is 18.7 Å². The number of nitrogens with zero attached hydrogens (tertiary/aromatic N) is 1. The minimum atomic E-state index is -0.248. The zero-order valence-electron chi connectivity index (χ0n) is 11.6. The molecule has 0 aliphatic rings. The van der Waals surface area contributed by atoms with Gasteiger partial charge in [-0.1, -0.05) is 19.1 Å². The summed E-state index contributed by atoms with van der Waals surface area (Å²) in [7, 11) is 1.36. The van der Waals surface area contributed by atoms with Crippen molar-refractivity contribution in [3.05, 3.63) is 12.2 Å². The Morgan fingerprint density at radius 2 is 2.00 bits per heavy atom. The molecular weight excluding hydrogens is 232 g/mol. The first-order chi connectivity index (χ1) is 8.49. The van der Waals surface area contributed by atoms with Crippen LogP contribution >= 0.6 is 0 Å². The molecule has 0 saturated heterocycles. The Morgan fingerprint density at radius 1 is 1.33 bits per heavy atom. The fraction of sp³-hybridized carbons (Fsp3) is 0.692. The third-order valence-electron chi connectivity index (χ3n) is 2.42. The average Bonchev–Trinajstić information content (AvgIpc) is 2.32. The van der Waals surface area contributed by atoms with Crippen LogP contribution in [0.15, 0.2) is 12.2 Å². The van der Waals surface area contributed by atoms with E-state index < -0.39 is 0 Å². The molecule has 0 aliphatic carbocycles. The lowest BCUT2D eigenvalue weighted by molar-refractivity contribution is -0.140. The molecule has 0 spiro atoms. The molecule has 0 aromatic rings. The van der Waals surface area contributed by atoms with E-state index in [1.165, 1.54) is 7.11 Å². The molecule has 104 valence electrons. The number of carbonyl (C=O) groups is 2. The van der Waals surface area contributed by atoms with Gasteiger partial charge < -0.3 is 10.1 Å². The number of likely N-dealkylation sites (N-methyl/N-ethyl adjacent to an activating group) is 1. The smallest absolute Gasteiger partial charge is 0.305 e. The van der Waals surface area contributed by atoms with Crippen LogP contribution in [0.3, 0.4) is 0 Å². The van der Waals surface area contributed by atoms with Gasteiger partial charge in [-0.25, -0.2) is 0 Å². The molecule has 18 heavy (non-hydrogen) atoms. The summed E-state index contributed by atoms with van der Waals surface area (Å²) in [6, 6.07) is 0. The SMILES string of the molecule is C=C(C)CN(CC)CC(=O)NCCCC(=O)OC. The Hall–Kier alpha value is -1.36. The molecule has 0 aromatic carbocycles. The monoisotopic (exact) mass is 256 g/mol. The highest BCUT2D eigenvalue weighted by atomic mass is 16.5. The van der Waals surface area contributed by atoms with Gasteiger partial charge in [0.1, 0.15) is 0 Å². The van der Waals surface area contributed by atoms with Crippen molar-refractivity contribution in [1.82, 2.24) is 10.2 Å². The van der Waals surface area contributed by atoms with Crippen LogP contribution in [0.4, 0.5) is 0 Å². The molecule has 0 aliphatic heterocycles. The quantitative estimate of drug-likeness (QED) is 0.379. The molecule has 5 nitrogen and oxygen atoms in total. The fourth-order valence-electron chi connectivity index (χ4n) is 1.48. The number of esters is 1. The summed E-state index contributed by atoms with van der Waals surface area (Å²) in [5.74, 6) is -0.273. The third-order valence-corrected chi connectivity index (χ3v) is 2.42. The van der Waals surface area contributed by atoms with Crippen LogP contribution in [0.5, 0.6) is 0 Å². The summed E-state index contributed by atoms with van der Waals surface area (Å²) in [6.45, 7) is 10.2. The van der Waals surface area contributed by atoms with E-state index >= 15 is 0 Å². The van der Waals surface area contributed by atoms with E-state index in [1.54, 1.807) is 0 Å². The van der Waals surface area contributed by atoms with E-state index in [0.29, 0.717) is 25.9 Å². The molecule has 0 aromatic heterocycles. The van der Waals surface area contributed by atoms with Gasteiger partial charge in [-0.3, -0.25) is 14.5 Å². The lowest BCUT2D eigenvalue weighted by Crippen LogP contribution is -2.38.